The van der Waals surface area contributed by atoms with Gasteiger partial charge in [-0.25, -0.2) is 4.39 Å². The third-order valence-electron chi connectivity index (χ3n) is 3.70. The van der Waals surface area contributed by atoms with Crippen molar-refractivity contribution < 1.29 is 4.39 Å². The van der Waals surface area contributed by atoms with Crippen LogP contribution in [0.1, 0.15) is 30.5 Å². The topological polar surface area (TPSA) is 12.0 Å². The Morgan fingerprint density at radius 1 is 1.10 bits per heavy atom. The number of hydrogen-bond donors (Lipinski definition) is 1. The van der Waals surface area contributed by atoms with Gasteiger partial charge in [0.15, 0.2) is 0 Å². The predicted octanol–water partition coefficient (Wildman–Crippen LogP) is 5.28. The van der Waals surface area contributed by atoms with E-state index in [0.717, 1.165) is 29.2 Å². The first-order valence-corrected chi connectivity index (χ1v) is 8.37. The minimum Gasteiger partial charge on any atom is -0.388 e. The van der Waals surface area contributed by atoms with Crippen molar-refractivity contribution in [1.29, 1.82) is 0 Å². The number of halogens is 1. The van der Waals surface area contributed by atoms with Gasteiger partial charge in [0.1, 0.15) is 5.82 Å². The van der Waals surface area contributed by atoms with E-state index in [1.165, 1.54) is 16.7 Å². The summed E-state index contributed by atoms with van der Waals surface area (Å²) < 4.78 is 13.9. The summed E-state index contributed by atoms with van der Waals surface area (Å²) in [5.41, 5.74) is 4.90. The Kier molecular flexibility index (Phi) is 5.68. The van der Waals surface area contributed by atoms with Crippen LogP contribution >= 0.6 is 11.8 Å². The highest BCUT2D eigenvalue weighted by molar-refractivity contribution is 7.98. The Morgan fingerprint density at radius 2 is 1.90 bits per heavy atom. The van der Waals surface area contributed by atoms with E-state index in [9.17, 15) is 4.39 Å². The zero-order chi connectivity index (χ0) is 15.2. The van der Waals surface area contributed by atoms with Crippen molar-refractivity contribution >= 4 is 17.4 Å². The lowest BCUT2D eigenvalue weighted by Gasteiger charge is -2.14. The second-order valence-electron chi connectivity index (χ2n) is 4.95. The monoisotopic (exact) mass is 303 g/mol. The van der Waals surface area contributed by atoms with Crippen LogP contribution < -0.4 is 5.32 Å². The smallest absolute Gasteiger partial charge is 0.136 e. The van der Waals surface area contributed by atoms with Crippen LogP contribution in [0.25, 0.3) is 0 Å². The van der Waals surface area contributed by atoms with Gasteiger partial charge < -0.3 is 5.32 Å². The van der Waals surface area contributed by atoms with Crippen LogP contribution in [0.2, 0.25) is 0 Å². The molecule has 112 valence electrons. The number of benzene rings is 2. The predicted molar refractivity (Wildman–Crippen MR) is 90.7 cm³/mol. The highest BCUT2D eigenvalue weighted by atomic mass is 32.2. The van der Waals surface area contributed by atoms with Gasteiger partial charge in [0.2, 0.25) is 0 Å². The molecule has 2 aromatic carbocycles. The molecule has 3 heteroatoms. The molecule has 1 N–H and O–H groups in total. The van der Waals surface area contributed by atoms with E-state index >= 15 is 0 Å². The molecular weight excluding hydrogens is 281 g/mol. The number of aryl methyl sites for hydroxylation is 2. The van der Waals surface area contributed by atoms with E-state index in [4.69, 9.17) is 0 Å². The SMILES string of the molecule is CCc1ccc(F)c(SCc2c(CC)cccc2NC)c1. The van der Waals surface area contributed by atoms with Crippen molar-refractivity contribution in [3.05, 3.63) is 58.9 Å². The van der Waals surface area contributed by atoms with Crippen molar-refractivity contribution in [1.82, 2.24) is 0 Å². The van der Waals surface area contributed by atoms with Crippen LogP contribution in [0.15, 0.2) is 41.3 Å². The fraction of sp³-hybridized carbons (Fsp3) is 0.333. The second-order valence-corrected chi connectivity index (χ2v) is 5.97. The summed E-state index contributed by atoms with van der Waals surface area (Å²) in [5.74, 6) is 0.654. The average molecular weight is 303 g/mol. The molecule has 0 amide bonds. The van der Waals surface area contributed by atoms with Gasteiger partial charge in [-0.2, -0.15) is 0 Å². The summed E-state index contributed by atoms with van der Waals surface area (Å²) >= 11 is 1.57. The highest BCUT2D eigenvalue weighted by Crippen LogP contribution is 2.31. The van der Waals surface area contributed by atoms with E-state index in [0.29, 0.717) is 0 Å². The normalized spacial score (nSPS) is 10.7. The first-order chi connectivity index (χ1) is 10.2. The lowest BCUT2D eigenvalue weighted by atomic mass is 10.0. The molecule has 0 unspecified atom stereocenters. The second kappa shape index (κ2) is 7.51. The van der Waals surface area contributed by atoms with Gasteiger partial charge in [-0.05, 0) is 47.7 Å². The Morgan fingerprint density at radius 3 is 2.57 bits per heavy atom. The van der Waals surface area contributed by atoms with E-state index < -0.39 is 0 Å². The van der Waals surface area contributed by atoms with Gasteiger partial charge in [0, 0.05) is 23.4 Å². The summed E-state index contributed by atoms with van der Waals surface area (Å²) in [6, 6.07) is 11.7. The Hall–Kier alpha value is -1.48. The molecule has 0 aliphatic rings. The maximum absolute atomic E-state index is 13.9. The van der Waals surface area contributed by atoms with Crippen LogP contribution in [0.5, 0.6) is 0 Å². The molecule has 0 saturated carbocycles. The quantitative estimate of drug-likeness (QED) is 0.728. The molecule has 0 aliphatic heterocycles. The highest BCUT2D eigenvalue weighted by Gasteiger charge is 2.09. The molecule has 0 atom stereocenters. The van der Waals surface area contributed by atoms with Crippen LogP contribution in [-0.4, -0.2) is 7.05 Å². The molecule has 0 aliphatic carbocycles. The van der Waals surface area contributed by atoms with Crippen molar-refractivity contribution in [3.63, 3.8) is 0 Å². The van der Waals surface area contributed by atoms with E-state index in [1.807, 2.05) is 19.2 Å². The standard InChI is InChI=1S/C18H22FNS/c1-4-13-9-10-16(19)18(11-13)21-12-15-14(5-2)7-6-8-17(15)20-3/h6-11,20H,4-5,12H2,1-3H3. The van der Waals surface area contributed by atoms with Gasteiger partial charge >= 0.3 is 0 Å². The van der Waals surface area contributed by atoms with Crippen molar-refractivity contribution in [2.45, 2.75) is 37.3 Å². The average Bonchev–Trinajstić information content (AvgIpc) is 2.53. The number of hydrogen-bond acceptors (Lipinski definition) is 2. The molecular formula is C18H22FNS. The van der Waals surface area contributed by atoms with Crippen molar-refractivity contribution in [3.8, 4) is 0 Å². The number of anilines is 1. The van der Waals surface area contributed by atoms with E-state index in [1.54, 1.807) is 17.8 Å². The molecule has 0 radical (unpaired) electrons. The van der Waals surface area contributed by atoms with Crippen LogP contribution in [0, 0.1) is 5.82 Å². The molecule has 0 saturated heterocycles. The van der Waals surface area contributed by atoms with Gasteiger partial charge in [-0.1, -0.05) is 32.0 Å². The molecule has 1 nitrogen and oxygen atoms in total. The van der Waals surface area contributed by atoms with E-state index in [-0.39, 0.29) is 5.82 Å². The number of rotatable bonds is 6. The number of nitrogens with one attached hydrogen (secondary N) is 1. The van der Waals surface area contributed by atoms with Gasteiger partial charge in [-0.3, -0.25) is 0 Å². The van der Waals surface area contributed by atoms with Crippen LogP contribution in [-0.2, 0) is 18.6 Å². The molecule has 0 heterocycles. The molecule has 0 spiro atoms. The summed E-state index contributed by atoms with van der Waals surface area (Å²) in [6.07, 6.45) is 1.92. The third kappa shape index (κ3) is 3.79. The third-order valence-corrected chi connectivity index (χ3v) is 4.76. The minimum atomic E-state index is -0.128. The summed E-state index contributed by atoms with van der Waals surface area (Å²) in [4.78, 5) is 0.738. The number of thioether (sulfide) groups is 1. The van der Waals surface area contributed by atoms with Crippen molar-refractivity contribution in [2.24, 2.45) is 0 Å². The van der Waals surface area contributed by atoms with Crippen molar-refractivity contribution in [2.75, 3.05) is 12.4 Å². The zero-order valence-corrected chi connectivity index (χ0v) is 13.7. The van der Waals surface area contributed by atoms with Crippen LogP contribution in [0.3, 0.4) is 0 Å². The van der Waals surface area contributed by atoms with Gasteiger partial charge in [0.05, 0.1) is 0 Å². The largest absolute Gasteiger partial charge is 0.388 e. The Labute approximate surface area is 131 Å². The van der Waals surface area contributed by atoms with Gasteiger partial charge in [-0.15, -0.1) is 11.8 Å². The maximum atomic E-state index is 13.9. The molecule has 2 aromatic rings. The fourth-order valence-corrected chi connectivity index (χ4v) is 3.48. The zero-order valence-electron chi connectivity index (χ0n) is 12.9. The Bertz CT molecular complexity index is 588. The fourth-order valence-electron chi connectivity index (χ4n) is 2.40. The first-order valence-electron chi connectivity index (χ1n) is 7.39. The first kappa shape index (κ1) is 15.9. The summed E-state index contributed by atoms with van der Waals surface area (Å²) in [5, 5.41) is 3.24. The molecule has 21 heavy (non-hydrogen) atoms. The summed E-state index contributed by atoms with van der Waals surface area (Å²) in [6.45, 7) is 4.24. The maximum Gasteiger partial charge on any atom is 0.136 e. The van der Waals surface area contributed by atoms with Crippen LogP contribution in [0.4, 0.5) is 10.1 Å². The summed E-state index contributed by atoms with van der Waals surface area (Å²) in [7, 11) is 1.93. The lowest BCUT2D eigenvalue weighted by Crippen LogP contribution is -1.99. The van der Waals surface area contributed by atoms with E-state index in [2.05, 4.69) is 37.4 Å². The Balaban J connectivity index is 2.24. The molecule has 0 aromatic heterocycles. The minimum absolute atomic E-state index is 0.128. The molecule has 0 bridgehead atoms. The lowest BCUT2D eigenvalue weighted by molar-refractivity contribution is 0.601. The molecule has 0 fully saturated rings. The van der Waals surface area contributed by atoms with Gasteiger partial charge in [0.25, 0.3) is 0 Å². The molecule has 2 rings (SSSR count).